The van der Waals surface area contributed by atoms with E-state index in [1.54, 1.807) is 0 Å². The molecule has 1 heterocycles. The molecule has 1 aliphatic rings. The van der Waals surface area contributed by atoms with E-state index < -0.39 is 0 Å². The molecule has 2 heteroatoms. The number of oxime groups is 1. The average molecular weight is 141 g/mol. The predicted octanol–water partition coefficient (Wildman–Crippen LogP) is 2.34. The Morgan fingerprint density at radius 2 is 2.40 bits per heavy atom. The van der Waals surface area contributed by atoms with Crippen LogP contribution in [0.3, 0.4) is 0 Å². The molecule has 0 aromatic heterocycles. The third kappa shape index (κ3) is 2.38. The molecular weight excluding hydrogens is 126 g/mol. The van der Waals surface area contributed by atoms with Gasteiger partial charge in [0.2, 0.25) is 0 Å². The summed E-state index contributed by atoms with van der Waals surface area (Å²) in [5.74, 6) is 0. The van der Waals surface area contributed by atoms with Gasteiger partial charge in [-0.2, -0.15) is 0 Å². The first-order valence-electron chi connectivity index (χ1n) is 4.11. The van der Waals surface area contributed by atoms with E-state index in [9.17, 15) is 0 Å². The molecule has 0 radical (unpaired) electrons. The molecule has 10 heavy (non-hydrogen) atoms. The van der Waals surface area contributed by atoms with Gasteiger partial charge in [-0.15, -0.1) is 0 Å². The van der Waals surface area contributed by atoms with Crippen molar-refractivity contribution in [1.82, 2.24) is 0 Å². The van der Waals surface area contributed by atoms with Crippen LogP contribution < -0.4 is 0 Å². The Kier molecular flexibility index (Phi) is 3.27. The summed E-state index contributed by atoms with van der Waals surface area (Å²) in [6, 6.07) is 0. The van der Waals surface area contributed by atoms with E-state index in [1.165, 1.54) is 25.0 Å². The van der Waals surface area contributed by atoms with Crippen LogP contribution in [0, 0.1) is 0 Å². The summed E-state index contributed by atoms with van der Waals surface area (Å²) >= 11 is 0. The van der Waals surface area contributed by atoms with Crippen LogP contribution in [0.2, 0.25) is 0 Å². The van der Waals surface area contributed by atoms with E-state index in [-0.39, 0.29) is 0 Å². The first kappa shape index (κ1) is 7.58. The van der Waals surface area contributed by atoms with Gasteiger partial charge in [0.1, 0.15) is 6.61 Å². The number of hydrogen-bond donors (Lipinski definition) is 0. The molecule has 1 aliphatic heterocycles. The van der Waals surface area contributed by atoms with Crippen LogP contribution in [0.4, 0.5) is 0 Å². The molecule has 0 bridgehead atoms. The Balaban J connectivity index is 2.01. The maximum atomic E-state index is 4.88. The van der Waals surface area contributed by atoms with Crippen LogP contribution in [0.15, 0.2) is 5.16 Å². The topological polar surface area (TPSA) is 21.6 Å². The molecule has 0 N–H and O–H groups in total. The molecule has 0 aromatic rings. The molecule has 2 nitrogen and oxygen atoms in total. The minimum Gasteiger partial charge on any atom is -0.395 e. The third-order valence-corrected chi connectivity index (χ3v) is 1.74. The monoisotopic (exact) mass is 141 g/mol. The van der Waals surface area contributed by atoms with Gasteiger partial charge in [0.15, 0.2) is 0 Å². The van der Waals surface area contributed by atoms with Crippen molar-refractivity contribution in [2.75, 3.05) is 6.61 Å². The van der Waals surface area contributed by atoms with E-state index in [0.29, 0.717) is 0 Å². The van der Waals surface area contributed by atoms with Gasteiger partial charge in [0.25, 0.3) is 0 Å². The zero-order valence-electron chi connectivity index (χ0n) is 6.60. The minimum atomic E-state index is 0.807. The van der Waals surface area contributed by atoms with Crippen LogP contribution in [-0.2, 0) is 4.84 Å². The third-order valence-electron chi connectivity index (χ3n) is 1.74. The van der Waals surface area contributed by atoms with Crippen LogP contribution in [0.25, 0.3) is 0 Å². The molecule has 0 amide bonds. The lowest BCUT2D eigenvalue weighted by Crippen LogP contribution is -1.93. The highest BCUT2D eigenvalue weighted by atomic mass is 16.6. The second-order valence-corrected chi connectivity index (χ2v) is 2.70. The van der Waals surface area contributed by atoms with Crippen LogP contribution in [-0.4, -0.2) is 12.3 Å². The molecule has 0 saturated heterocycles. The normalized spacial score (nSPS) is 16.7. The second-order valence-electron chi connectivity index (χ2n) is 2.70. The highest BCUT2D eigenvalue weighted by Gasteiger charge is 2.05. The Labute approximate surface area is 62.3 Å². The van der Waals surface area contributed by atoms with Crippen molar-refractivity contribution in [3.05, 3.63) is 0 Å². The lowest BCUT2D eigenvalue weighted by atomic mass is 10.1. The van der Waals surface area contributed by atoms with Crippen molar-refractivity contribution in [3.8, 4) is 0 Å². The zero-order valence-corrected chi connectivity index (χ0v) is 6.60. The maximum Gasteiger partial charge on any atom is 0.122 e. The molecule has 0 spiro atoms. The van der Waals surface area contributed by atoms with Crippen LogP contribution in [0.5, 0.6) is 0 Å². The van der Waals surface area contributed by atoms with Crippen molar-refractivity contribution in [3.63, 3.8) is 0 Å². The van der Waals surface area contributed by atoms with E-state index in [0.717, 1.165) is 19.4 Å². The predicted molar refractivity (Wildman–Crippen MR) is 42.1 cm³/mol. The molecule has 1 rings (SSSR count). The molecule has 0 fully saturated rings. The maximum absolute atomic E-state index is 4.88. The van der Waals surface area contributed by atoms with E-state index in [2.05, 4.69) is 12.1 Å². The van der Waals surface area contributed by atoms with Crippen molar-refractivity contribution in [2.24, 2.45) is 5.16 Å². The first-order valence-corrected chi connectivity index (χ1v) is 4.11. The zero-order chi connectivity index (χ0) is 7.23. The fourth-order valence-electron chi connectivity index (χ4n) is 1.10. The number of nitrogens with zero attached hydrogens (tertiary/aromatic N) is 1. The fourth-order valence-corrected chi connectivity index (χ4v) is 1.10. The highest BCUT2D eigenvalue weighted by molar-refractivity contribution is 5.84. The number of rotatable bonds is 4. The second kappa shape index (κ2) is 4.31. The summed E-state index contributed by atoms with van der Waals surface area (Å²) in [6.45, 7) is 3.02. The van der Waals surface area contributed by atoms with Gasteiger partial charge in [-0.1, -0.05) is 24.9 Å². The summed E-state index contributed by atoms with van der Waals surface area (Å²) in [5.41, 5.74) is 1.26. The summed E-state index contributed by atoms with van der Waals surface area (Å²) in [7, 11) is 0. The standard InChI is InChI=1S/C8H15NO/c1-2-3-4-5-8-6-7-10-9-8/h2-7H2,1H3. The SMILES string of the molecule is CCCCCC1=NOCC1. The molecule has 58 valence electrons. The average Bonchev–Trinajstić information content (AvgIpc) is 2.41. The molecular formula is C8H15NO. The van der Waals surface area contributed by atoms with E-state index in [4.69, 9.17) is 4.84 Å². The van der Waals surface area contributed by atoms with Gasteiger partial charge in [0.05, 0.1) is 5.71 Å². The minimum absolute atomic E-state index is 0.807. The smallest absolute Gasteiger partial charge is 0.122 e. The molecule has 0 aliphatic carbocycles. The first-order chi connectivity index (χ1) is 4.93. The molecule has 0 aromatic carbocycles. The number of unbranched alkanes of at least 4 members (excludes halogenated alkanes) is 2. The lowest BCUT2D eigenvalue weighted by Gasteiger charge is -1.94. The fraction of sp³-hybridized carbons (Fsp3) is 0.875. The summed E-state index contributed by atoms with van der Waals surface area (Å²) in [6.07, 6.45) is 6.09. The molecule has 0 saturated carbocycles. The quantitative estimate of drug-likeness (QED) is 0.551. The Morgan fingerprint density at radius 3 is 3.00 bits per heavy atom. The van der Waals surface area contributed by atoms with E-state index >= 15 is 0 Å². The van der Waals surface area contributed by atoms with Gasteiger partial charge in [-0.25, -0.2) is 0 Å². The van der Waals surface area contributed by atoms with Gasteiger partial charge in [-0.3, -0.25) is 0 Å². The Bertz CT molecular complexity index is 120. The van der Waals surface area contributed by atoms with Crippen molar-refractivity contribution in [2.45, 2.75) is 39.0 Å². The summed E-state index contributed by atoms with van der Waals surface area (Å²) in [4.78, 5) is 4.88. The van der Waals surface area contributed by atoms with Gasteiger partial charge in [-0.05, 0) is 12.8 Å². The van der Waals surface area contributed by atoms with Crippen LogP contribution >= 0.6 is 0 Å². The summed E-state index contributed by atoms with van der Waals surface area (Å²) < 4.78 is 0. The molecule has 0 unspecified atom stereocenters. The Morgan fingerprint density at radius 1 is 1.50 bits per heavy atom. The highest BCUT2D eigenvalue weighted by Crippen LogP contribution is 2.08. The summed E-state index contributed by atoms with van der Waals surface area (Å²) in [5, 5.41) is 3.92. The van der Waals surface area contributed by atoms with Gasteiger partial charge < -0.3 is 4.84 Å². The van der Waals surface area contributed by atoms with E-state index in [1.807, 2.05) is 0 Å². The van der Waals surface area contributed by atoms with Gasteiger partial charge >= 0.3 is 0 Å². The van der Waals surface area contributed by atoms with Gasteiger partial charge in [0, 0.05) is 6.42 Å². The van der Waals surface area contributed by atoms with Crippen molar-refractivity contribution in [1.29, 1.82) is 0 Å². The number of hydrogen-bond acceptors (Lipinski definition) is 2. The largest absolute Gasteiger partial charge is 0.395 e. The van der Waals surface area contributed by atoms with Crippen LogP contribution in [0.1, 0.15) is 39.0 Å². The Hall–Kier alpha value is -0.530. The molecule has 0 atom stereocenters. The van der Waals surface area contributed by atoms with Crippen molar-refractivity contribution >= 4 is 5.71 Å². The van der Waals surface area contributed by atoms with Crippen molar-refractivity contribution < 1.29 is 4.84 Å². The lowest BCUT2D eigenvalue weighted by molar-refractivity contribution is 0.173.